The number of ether oxygens (including phenoxy) is 1. The minimum absolute atomic E-state index is 0.0798. The number of fused-ring (bicyclic) bond motifs is 1. The molecule has 1 heterocycles. The molecule has 2 aromatic rings. The largest absolute Gasteiger partial charge is 0.497 e. The Morgan fingerprint density at radius 3 is 2.80 bits per heavy atom. The first-order chi connectivity index (χ1) is 9.69. The molecule has 0 amide bonds. The van der Waals surface area contributed by atoms with Crippen LogP contribution in [-0.2, 0) is 6.42 Å². The number of hydrogen-bond acceptors (Lipinski definition) is 4. The number of nitrogens with two attached hydrogens (primary N) is 1. The summed E-state index contributed by atoms with van der Waals surface area (Å²) in [4.78, 5) is 12.2. The molecule has 5 heteroatoms. The number of benzene rings is 1. The van der Waals surface area contributed by atoms with E-state index >= 15 is 0 Å². The Balaban J connectivity index is 2.09. The molecule has 0 saturated carbocycles. The average Bonchev–Trinajstić information content (AvgIpc) is 2.47. The molecular weight excluding hydrogens is 254 g/mol. The van der Waals surface area contributed by atoms with Crippen molar-refractivity contribution < 1.29 is 4.74 Å². The number of aromatic nitrogens is 2. The zero-order chi connectivity index (χ0) is 14.1. The van der Waals surface area contributed by atoms with Crippen LogP contribution in [0.5, 0.6) is 5.75 Å². The number of aryl methyl sites for hydroxylation is 1. The van der Waals surface area contributed by atoms with Crippen LogP contribution in [0.25, 0.3) is 5.69 Å². The zero-order valence-electron chi connectivity index (χ0n) is 11.4. The van der Waals surface area contributed by atoms with Crippen LogP contribution < -0.4 is 16.0 Å². The van der Waals surface area contributed by atoms with Gasteiger partial charge in [0.2, 0.25) is 0 Å². The van der Waals surface area contributed by atoms with E-state index in [0.29, 0.717) is 0 Å². The quantitative estimate of drug-likeness (QED) is 0.900. The molecule has 1 aromatic carbocycles. The molecule has 0 radical (unpaired) electrons. The Morgan fingerprint density at radius 1 is 1.35 bits per heavy atom. The maximum Gasteiger partial charge on any atom is 0.271 e. The SMILES string of the molecule is COc1ccc(-n2nc3c(cc2=O)CCCC3N)cc1. The van der Waals surface area contributed by atoms with E-state index in [1.165, 1.54) is 4.68 Å². The van der Waals surface area contributed by atoms with E-state index in [4.69, 9.17) is 10.5 Å². The minimum atomic E-state index is -0.122. The molecule has 0 saturated heterocycles. The van der Waals surface area contributed by atoms with Crippen molar-refractivity contribution in [2.45, 2.75) is 25.3 Å². The third-order valence-corrected chi connectivity index (χ3v) is 3.67. The molecule has 3 rings (SSSR count). The highest BCUT2D eigenvalue weighted by Gasteiger charge is 2.20. The summed E-state index contributed by atoms with van der Waals surface area (Å²) in [6.45, 7) is 0. The first-order valence-corrected chi connectivity index (χ1v) is 6.72. The molecule has 1 unspecified atom stereocenters. The number of methoxy groups -OCH3 is 1. The third-order valence-electron chi connectivity index (χ3n) is 3.67. The number of rotatable bonds is 2. The Labute approximate surface area is 117 Å². The molecule has 20 heavy (non-hydrogen) atoms. The Kier molecular flexibility index (Phi) is 3.28. The molecule has 1 aliphatic carbocycles. The molecule has 1 aromatic heterocycles. The second kappa shape index (κ2) is 5.09. The van der Waals surface area contributed by atoms with Gasteiger partial charge in [0.05, 0.1) is 18.5 Å². The van der Waals surface area contributed by atoms with Crippen LogP contribution in [0.2, 0.25) is 0 Å². The monoisotopic (exact) mass is 271 g/mol. The second-order valence-electron chi connectivity index (χ2n) is 5.00. The summed E-state index contributed by atoms with van der Waals surface area (Å²) in [7, 11) is 1.61. The normalized spacial score (nSPS) is 17.6. The highest BCUT2D eigenvalue weighted by molar-refractivity contribution is 5.37. The van der Waals surface area contributed by atoms with E-state index in [0.717, 1.165) is 42.0 Å². The highest BCUT2D eigenvalue weighted by Crippen LogP contribution is 2.25. The number of nitrogens with zero attached hydrogens (tertiary/aromatic N) is 2. The van der Waals surface area contributed by atoms with Gasteiger partial charge in [-0.25, -0.2) is 0 Å². The van der Waals surface area contributed by atoms with Gasteiger partial charge < -0.3 is 10.5 Å². The summed E-state index contributed by atoms with van der Waals surface area (Å²) in [6, 6.07) is 8.82. The van der Waals surface area contributed by atoms with Crippen LogP contribution in [0.4, 0.5) is 0 Å². The Morgan fingerprint density at radius 2 is 2.10 bits per heavy atom. The minimum Gasteiger partial charge on any atom is -0.497 e. The van der Waals surface area contributed by atoms with Gasteiger partial charge in [0.25, 0.3) is 5.56 Å². The number of hydrogen-bond donors (Lipinski definition) is 1. The first kappa shape index (κ1) is 12.9. The molecule has 104 valence electrons. The van der Waals surface area contributed by atoms with Crippen molar-refractivity contribution >= 4 is 0 Å². The Bertz CT molecular complexity index is 677. The molecule has 0 fully saturated rings. The van der Waals surface area contributed by atoms with E-state index < -0.39 is 0 Å². The van der Waals surface area contributed by atoms with E-state index in [1.807, 2.05) is 24.3 Å². The van der Waals surface area contributed by atoms with Crippen LogP contribution in [0.15, 0.2) is 35.1 Å². The van der Waals surface area contributed by atoms with Crippen LogP contribution in [-0.4, -0.2) is 16.9 Å². The van der Waals surface area contributed by atoms with Crippen molar-refractivity contribution in [2.75, 3.05) is 7.11 Å². The topological polar surface area (TPSA) is 70.1 Å². The lowest BCUT2D eigenvalue weighted by atomic mass is 9.93. The standard InChI is InChI=1S/C15H17N3O2/c1-20-12-7-5-11(6-8-12)18-14(19)9-10-3-2-4-13(16)15(10)17-18/h5-9,13H,2-4,16H2,1H3. The third kappa shape index (κ3) is 2.20. The van der Waals surface area contributed by atoms with Gasteiger partial charge in [-0.1, -0.05) is 0 Å². The van der Waals surface area contributed by atoms with Crippen molar-refractivity contribution in [1.29, 1.82) is 0 Å². The van der Waals surface area contributed by atoms with Gasteiger partial charge in [-0.2, -0.15) is 9.78 Å². The Hall–Kier alpha value is -2.14. The van der Waals surface area contributed by atoms with Crippen molar-refractivity contribution in [3.63, 3.8) is 0 Å². The lowest BCUT2D eigenvalue weighted by molar-refractivity contribution is 0.414. The van der Waals surface area contributed by atoms with Crippen LogP contribution >= 0.6 is 0 Å². The first-order valence-electron chi connectivity index (χ1n) is 6.72. The highest BCUT2D eigenvalue weighted by atomic mass is 16.5. The van der Waals surface area contributed by atoms with Gasteiger partial charge in [-0.15, -0.1) is 0 Å². The fourth-order valence-corrected chi connectivity index (χ4v) is 2.58. The molecule has 2 N–H and O–H groups in total. The molecule has 0 bridgehead atoms. The maximum atomic E-state index is 12.2. The fraction of sp³-hybridized carbons (Fsp3) is 0.333. The predicted octanol–water partition coefficient (Wildman–Crippen LogP) is 1.58. The van der Waals surface area contributed by atoms with Crippen molar-refractivity contribution in [3.8, 4) is 11.4 Å². The predicted molar refractivity (Wildman–Crippen MR) is 76.3 cm³/mol. The molecule has 0 spiro atoms. The average molecular weight is 271 g/mol. The summed E-state index contributed by atoms with van der Waals surface area (Å²) in [5.74, 6) is 0.747. The summed E-state index contributed by atoms with van der Waals surface area (Å²) in [5.41, 5.74) is 8.51. The van der Waals surface area contributed by atoms with Gasteiger partial charge >= 0.3 is 0 Å². The van der Waals surface area contributed by atoms with E-state index in [1.54, 1.807) is 13.2 Å². The van der Waals surface area contributed by atoms with Crippen molar-refractivity contribution in [2.24, 2.45) is 5.73 Å². The van der Waals surface area contributed by atoms with Crippen LogP contribution in [0, 0.1) is 0 Å². The van der Waals surface area contributed by atoms with E-state index in [9.17, 15) is 4.79 Å². The van der Waals surface area contributed by atoms with E-state index in [-0.39, 0.29) is 11.6 Å². The summed E-state index contributed by atoms with van der Waals surface area (Å²) >= 11 is 0. The van der Waals surface area contributed by atoms with Crippen LogP contribution in [0.1, 0.15) is 30.1 Å². The van der Waals surface area contributed by atoms with Gasteiger partial charge in [0, 0.05) is 12.1 Å². The fourth-order valence-electron chi connectivity index (χ4n) is 2.58. The summed E-state index contributed by atoms with van der Waals surface area (Å²) in [5, 5.41) is 4.46. The zero-order valence-corrected chi connectivity index (χ0v) is 11.4. The van der Waals surface area contributed by atoms with Gasteiger partial charge in [0.1, 0.15) is 5.75 Å². The lowest BCUT2D eigenvalue weighted by Crippen LogP contribution is -2.28. The molecular formula is C15H17N3O2. The molecule has 1 aliphatic rings. The maximum absolute atomic E-state index is 12.2. The molecule has 5 nitrogen and oxygen atoms in total. The smallest absolute Gasteiger partial charge is 0.271 e. The van der Waals surface area contributed by atoms with Gasteiger partial charge in [-0.05, 0) is 49.1 Å². The summed E-state index contributed by atoms with van der Waals surface area (Å²) < 4.78 is 6.52. The van der Waals surface area contributed by atoms with Gasteiger partial charge in [-0.3, -0.25) is 4.79 Å². The summed E-state index contributed by atoms with van der Waals surface area (Å²) in [6.07, 6.45) is 2.82. The van der Waals surface area contributed by atoms with Crippen molar-refractivity contribution in [3.05, 3.63) is 51.9 Å². The lowest BCUT2D eigenvalue weighted by Gasteiger charge is -2.21. The van der Waals surface area contributed by atoms with Crippen LogP contribution in [0.3, 0.4) is 0 Å². The molecule has 0 aliphatic heterocycles. The van der Waals surface area contributed by atoms with Gasteiger partial charge in [0.15, 0.2) is 0 Å². The van der Waals surface area contributed by atoms with E-state index in [2.05, 4.69) is 5.10 Å². The molecule has 1 atom stereocenters. The second-order valence-corrected chi connectivity index (χ2v) is 5.00. The van der Waals surface area contributed by atoms with Crippen molar-refractivity contribution in [1.82, 2.24) is 9.78 Å².